The summed E-state index contributed by atoms with van der Waals surface area (Å²) in [5, 5.41) is 19.2. The van der Waals surface area contributed by atoms with Gasteiger partial charge in [-0.15, -0.1) is 0 Å². The third-order valence-electron chi connectivity index (χ3n) is 7.91. The zero-order valence-corrected chi connectivity index (χ0v) is 21.2. The van der Waals surface area contributed by atoms with E-state index >= 15 is 0 Å². The molecule has 0 aromatic heterocycles. The van der Waals surface area contributed by atoms with Gasteiger partial charge in [-0.2, -0.15) is 0 Å². The van der Waals surface area contributed by atoms with Crippen LogP contribution in [0, 0.1) is 11.8 Å². The van der Waals surface area contributed by atoms with Gasteiger partial charge in [0.15, 0.2) is 23.4 Å². The summed E-state index contributed by atoms with van der Waals surface area (Å²) in [4.78, 5) is 27.1. The van der Waals surface area contributed by atoms with E-state index in [0.717, 1.165) is 44.5 Å². The normalized spacial score (nSPS) is 26.6. The molecule has 2 aliphatic heterocycles. The van der Waals surface area contributed by atoms with Crippen LogP contribution in [0.5, 0.6) is 11.5 Å². The maximum Gasteiger partial charge on any atom is 0.335 e. The van der Waals surface area contributed by atoms with Crippen molar-refractivity contribution in [2.75, 3.05) is 20.2 Å². The molecule has 3 aliphatic rings. The number of Topliss-reactive ketones (excluding diaryl/α,β-unsaturated/α-hetero) is 1. The first-order valence-corrected chi connectivity index (χ1v) is 13.2. The number of benzene rings is 2. The van der Waals surface area contributed by atoms with Gasteiger partial charge in [0.2, 0.25) is 6.29 Å². The van der Waals surface area contributed by atoms with E-state index in [1.54, 1.807) is 6.07 Å². The van der Waals surface area contributed by atoms with Crippen LogP contribution in [-0.4, -0.2) is 65.6 Å². The summed E-state index contributed by atoms with van der Waals surface area (Å²) in [7, 11) is 1.51. The van der Waals surface area contributed by atoms with E-state index in [0.29, 0.717) is 35.8 Å². The number of aliphatic carboxylic acids is 1. The van der Waals surface area contributed by atoms with Gasteiger partial charge >= 0.3 is 5.97 Å². The Morgan fingerprint density at radius 2 is 1.84 bits per heavy atom. The number of ether oxygens (including phenoxy) is 3. The molecule has 2 heterocycles. The average molecular weight is 510 g/mol. The lowest BCUT2D eigenvalue weighted by Crippen LogP contribution is -2.45. The molecule has 2 fully saturated rings. The Balaban J connectivity index is 1.19. The van der Waals surface area contributed by atoms with Crippen LogP contribution in [0.1, 0.15) is 53.6 Å². The van der Waals surface area contributed by atoms with E-state index < -0.39 is 24.5 Å². The van der Waals surface area contributed by atoms with E-state index in [2.05, 4.69) is 29.2 Å². The zero-order chi connectivity index (χ0) is 25.9. The van der Waals surface area contributed by atoms with Crippen molar-refractivity contribution >= 4 is 11.8 Å². The molecule has 0 saturated carbocycles. The molecule has 0 spiro atoms. The monoisotopic (exact) mass is 509 g/mol. The summed E-state index contributed by atoms with van der Waals surface area (Å²) >= 11 is 0. The zero-order valence-electron chi connectivity index (χ0n) is 21.2. The van der Waals surface area contributed by atoms with Crippen LogP contribution in [0.3, 0.4) is 0 Å². The molecule has 0 bridgehead atoms. The van der Waals surface area contributed by atoms with E-state index in [4.69, 9.17) is 14.2 Å². The number of hydrogen-bond acceptors (Lipinski definition) is 7. The Hall–Kier alpha value is -2.94. The molecule has 2 saturated heterocycles. The van der Waals surface area contributed by atoms with Crippen LogP contribution in [0.25, 0.3) is 0 Å². The molecule has 5 rings (SSSR count). The predicted octanol–water partition coefficient (Wildman–Crippen LogP) is 3.68. The van der Waals surface area contributed by atoms with Crippen molar-refractivity contribution < 1.29 is 34.0 Å². The summed E-state index contributed by atoms with van der Waals surface area (Å²) in [5.41, 5.74) is 2.94. The van der Waals surface area contributed by atoms with Crippen LogP contribution < -0.4 is 9.47 Å². The number of ketones is 1. The Bertz CT molecular complexity index is 1110. The lowest BCUT2D eigenvalue weighted by Gasteiger charge is -2.33. The molecule has 2 aromatic rings. The fourth-order valence-electron chi connectivity index (χ4n) is 5.88. The number of carboxylic acids is 1. The van der Waals surface area contributed by atoms with Crippen molar-refractivity contribution in [3.8, 4) is 11.5 Å². The third-order valence-corrected chi connectivity index (χ3v) is 7.91. The number of nitrogens with zero attached hydrogens (tertiary/aromatic N) is 1. The standard InChI is InChI=1S/C29H35NO7/c1-35-24-16-22-20(15-25(24)36-26-8-7-23(31)28(37-26)29(33)34)14-21(27(22)32)13-18-9-11-30(12-10-18)17-19-5-3-2-4-6-19/h2-6,15-16,18,21,23,26,28,31H,7-14,17H2,1H3,(H,33,34)/t21?,23-,26+,28-/m0/s1. The van der Waals surface area contributed by atoms with E-state index in [9.17, 15) is 19.8 Å². The number of fused-ring (bicyclic) bond motifs is 1. The number of methoxy groups -OCH3 is 1. The van der Waals surface area contributed by atoms with Gasteiger partial charge in [-0.05, 0) is 74.4 Å². The maximum atomic E-state index is 13.3. The number of carbonyl (C=O) groups excluding carboxylic acids is 1. The quantitative estimate of drug-likeness (QED) is 0.555. The lowest BCUT2D eigenvalue weighted by molar-refractivity contribution is -0.203. The predicted molar refractivity (Wildman–Crippen MR) is 136 cm³/mol. The maximum absolute atomic E-state index is 13.3. The van der Waals surface area contributed by atoms with Crippen molar-refractivity contribution in [1.29, 1.82) is 0 Å². The molecule has 37 heavy (non-hydrogen) atoms. The van der Waals surface area contributed by atoms with Crippen LogP contribution in [-0.2, 0) is 22.5 Å². The van der Waals surface area contributed by atoms with Crippen LogP contribution >= 0.6 is 0 Å². The molecule has 4 atom stereocenters. The van der Waals surface area contributed by atoms with Crippen molar-refractivity contribution in [1.82, 2.24) is 4.90 Å². The third kappa shape index (κ3) is 5.81. The van der Waals surface area contributed by atoms with Gasteiger partial charge in [-0.3, -0.25) is 9.69 Å². The van der Waals surface area contributed by atoms with E-state index in [1.165, 1.54) is 12.7 Å². The first-order valence-electron chi connectivity index (χ1n) is 13.2. The Morgan fingerprint density at radius 1 is 1.08 bits per heavy atom. The summed E-state index contributed by atoms with van der Waals surface area (Å²) < 4.78 is 16.9. The van der Waals surface area contributed by atoms with Gasteiger partial charge in [0.05, 0.1) is 13.2 Å². The summed E-state index contributed by atoms with van der Waals surface area (Å²) in [6, 6.07) is 14.1. The molecular formula is C29H35NO7. The second-order valence-corrected chi connectivity index (χ2v) is 10.5. The molecule has 1 unspecified atom stereocenters. The molecule has 2 aromatic carbocycles. The molecule has 8 nitrogen and oxygen atoms in total. The molecule has 8 heteroatoms. The lowest BCUT2D eigenvalue weighted by atomic mass is 9.85. The minimum absolute atomic E-state index is 0.0434. The van der Waals surface area contributed by atoms with Gasteiger partial charge in [-0.1, -0.05) is 30.3 Å². The van der Waals surface area contributed by atoms with Gasteiger partial charge in [0, 0.05) is 24.4 Å². The summed E-state index contributed by atoms with van der Waals surface area (Å²) in [6.07, 6.45) is 1.16. The fraction of sp³-hybridized carbons (Fsp3) is 0.517. The summed E-state index contributed by atoms with van der Waals surface area (Å²) in [5.74, 6) is 0.273. The van der Waals surface area contributed by atoms with E-state index in [-0.39, 0.29) is 18.1 Å². The largest absolute Gasteiger partial charge is 0.493 e. The molecule has 0 amide bonds. The van der Waals surface area contributed by atoms with Gasteiger partial charge in [-0.25, -0.2) is 4.79 Å². The highest BCUT2D eigenvalue weighted by molar-refractivity contribution is 6.02. The molecule has 198 valence electrons. The minimum atomic E-state index is -1.33. The van der Waals surface area contributed by atoms with Crippen molar-refractivity contribution in [3.05, 3.63) is 59.2 Å². The highest BCUT2D eigenvalue weighted by Gasteiger charge is 2.38. The smallest absolute Gasteiger partial charge is 0.335 e. The Morgan fingerprint density at radius 3 is 2.54 bits per heavy atom. The van der Waals surface area contributed by atoms with Crippen molar-refractivity contribution in [2.24, 2.45) is 11.8 Å². The van der Waals surface area contributed by atoms with Gasteiger partial charge < -0.3 is 24.4 Å². The number of hydrogen-bond donors (Lipinski definition) is 2. The number of aliphatic hydroxyl groups excluding tert-OH is 1. The number of piperidine rings is 1. The van der Waals surface area contributed by atoms with Crippen molar-refractivity contribution in [2.45, 2.75) is 63.6 Å². The van der Waals surface area contributed by atoms with Crippen LogP contribution in [0.15, 0.2) is 42.5 Å². The number of carboxylic acid groups (broad SMARTS) is 1. The molecule has 0 radical (unpaired) electrons. The number of carbonyl (C=O) groups is 2. The molecular weight excluding hydrogens is 474 g/mol. The number of likely N-dealkylation sites (tertiary alicyclic amines) is 1. The van der Waals surface area contributed by atoms with Crippen LogP contribution in [0.4, 0.5) is 0 Å². The topological polar surface area (TPSA) is 106 Å². The minimum Gasteiger partial charge on any atom is -0.493 e. The first kappa shape index (κ1) is 25.7. The van der Waals surface area contributed by atoms with Gasteiger partial charge in [0.1, 0.15) is 0 Å². The highest BCUT2D eigenvalue weighted by atomic mass is 16.7. The summed E-state index contributed by atoms with van der Waals surface area (Å²) in [6.45, 7) is 3.07. The van der Waals surface area contributed by atoms with E-state index in [1.807, 2.05) is 12.1 Å². The van der Waals surface area contributed by atoms with Gasteiger partial charge in [0.25, 0.3) is 0 Å². The number of rotatable bonds is 8. The highest BCUT2D eigenvalue weighted by Crippen LogP contribution is 2.40. The fourth-order valence-corrected chi connectivity index (χ4v) is 5.88. The Labute approximate surface area is 217 Å². The second-order valence-electron chi connectivity index (χ2n) is 10.5. The molecule has 2 N–H and O–H groups in total. The molecule has 1 aliphatic carbocycles. The average Bonchev–Trinajstić information content (AvgIpc) is 3.20. The SMILES string of the molecule is COc1cc2c(cc1O[C@H]1CC[C@H](O)[C@@H](C(=O)O)O1)CC(CC1CCN(Cc3ccccc3)CC1)C2=O. The second kappa shape index (κ2) is 11.2. The van der Waals surface area contributed by atoms with Crippen molar-refractivity contribution in [3.63, 3.8) is 0 Å². The first-order chi connectivity index (χ1) is 17.9. The Kier molecular flexibility index (Phi) is 7.79. The number of aliphatic hydroxyl groups is 1. The van der Waals surface area contributed by atoms with Crippen LogP contribution in [0.2, 0.25) is 0 Å².